The van der Waals surface area contributed by atoms with Gasteiger partial charge < -0.3 is 0 Å². The Morgan fingerprint density at radius 3 is 1.62 bits per heavy atom. The molecule has 0 unspecified atom stereocenters. The summed E-state index contributed by atoms with van der Waals surface area (Å²) in [6, 6.07) is 19.8. The minimum atomic E-state index is -0.435. The van der Waals surface area contributed by atoms with Gasteiger partial charge in [-0.2, -0.15) is 0 Å². The zero-order chi connectivity index (χ0) is 17.9. The average Bonchev–Trinajstić information content (AvgIpc) is 2.69. The summed E-state index contributed by atoms with van der Waals surface area (Å²) >= 11 is 0. The molecule has 26 heavy (non-hydrogen) atoms. The molecule has 1 aromatic heterocycles. The van der Waals surface area contributed by atoms with Crippen LogP contribution < -0.4 is 0 Å². The average molecular weight is 346 g/mol. The molecule has 4 rings (SSSR count). The number of rotatable bonds is 3. The van der Waals surface area contributed by atoms with Crippen molar-refractivity contribution in [1.82, 2.24) is 20.4 Å². The predicted molar refractivity (Wildman–Crippen MR) is 93.8 cm³/mol. The summed E-state index contributed by atoms with van der Waals surface area (Å²) < 4.78 is 27.0. The molecule has 0 aliphatic heterocycles. The van der Waals surface area contributed by atoms with Crippen LogP contribution in [0.2, 0.25) is 0 Å². The summed E-state index contributed by atoms with van der Waals surface area (Å²) in [6.07, 6.45) is 0. The van der Waals surface area contributed by atoms with Crippen molar-refractivity contribution in [2.45, 2.75) is 0 Å². The van der Waals surface area contributed by atoms with Crippen molar-refractivity contribution in [3.05, 3.63) is 84.4 Å². The minimum absolute atomic E-state index is 0.117. The molecule has 0 saturated heterocycles. The summed E-state index contributed by atoms with van der Waals surface area (Å²) in [5, 5.41) is 16.2. The van der Waals surface area contributed by atoms with Gasteiger partial charge in [-0.3, -0.25) is 0 Å². The van der Waals surface area contributed by atoms with Gasteiger partial charge in [0.05, 0.1) is 5.56 Å². The quantitative estimate of drug-likeness (QED) is 0.546. The van der Waals surface area contributed by atoms with Crippen LogP contribution in [0.25, 0.3) is 33.9 Å². The molecule has 0 N–H and O–H groups in total. The number of hydrogen-bond acceptors (Lipinski definition) is 4. The second-order valence-corrected chi connectivity index (χ2v) is 5.58. The fourth-order valence-electron chi connectivity index (χ4n) is 2.65. The predicted octanol–water partition coefficient (Wildman–Crippen LogP) is 4.55. The van der Waals surface area contributed by atoms with Gasteiger partial charge in [-0.1, -0.05) is 48.5 Å². The Kier molecular flexibility index (Phi) is 4.15. The van der Waals surface area contributed by atoms with E-state index < -0.39 is 5.82 Å². The largest absolute Gasteiger partial charge is 0.207 e. The molecule has 0 atom stereocenters. The van der Waals surface area contributed by atoms with Gasteiger partial charge in [0.2, 0.25) is 11.6 Å². The van der Waals surface area contributed by atoms with Crippen LogP contribution >= 0.6 is 0 Å². The van der Waals surface area contributed by atoms with Gasteiger partial charge in [-0.25, -0.2) is 8.78 Å². The minimum Gasteiger partial charge on any atom is -0.207 e. The van der Waals surface area contributed by atoms with E-state index in [9.17, 15) is 8.78 Å². The highest BCUT2D eigenvalue weighted by molar-refractivity contribution is 5.80. The number of benzene rings is 3. The molecule has 0 amide bonds. The fraction of sp³-hybridized carbons (Fsp3) is 0. The molecule has 4 nitrogen and oxygen atoms in total. The zero-order valence-electron chi connectivity index (χ0n) is 13.5. The molecule has 0 saturated carbocycles. The molecule has 1 heterocycles. The van der Waals surface area contributed by atoms with Gasteiger partial charge in [0, 0.05) is 5.56 Å². The summed E-state index contributed by atoms with van der Waals surface area (Å²) in [5.74, 6) is -0.313. The van der Waals surface area contributed by atoms with Crippen LogP contribution in [0.5, 0.6) is 0 Å². The SMILES string of the molecule is Fc1ccc(-c2ccccc2-c2nnc(-c3ccccc3F)nn2)cc1. The maximum Gasteiger partial charge on any atom is 0.206 e. The van der Waals surface area contributed by atoms with Crippen LogP contribution in [0.15, 0.2) is 72.8 Å². The number of nitrogens with zero attached hydrogens (tertiary/aromatic N) is 4. The zero-order valence-corrected chi connectivity index (χ0v) is 13.5. The Hall–Kier alpha value is -3.54. The van der Waals surface area contributed by atoms with Crippen molar-refractivity contribution in [3.63, 3.8) is 0 Å². The molecule has 3 aromatic carbocycles. The number of halogens is 2. The van der Waals surface area contributed by atoms with E-state index in [-0.39, 0.29) is 17.2 Å². The molecule has 0 radical (unpaired) electrons. The van der Waals surface area contributed by atoms with Crippen molar-refractivity contribution in [1.29, 1.82) is 0 Å². The van der Waals surface area contributed by atoms with E-state index in [1.54, 1.807) is 30.3 Å². The van der Waals surface area contributed by atoms with Crippen molar-refractivity contribution in [2.24, 2.45) is 0 Å². The first kappa shape index (κ1) is 16.0. The van der Waals surface area contributed by atoms with Crippen molar-refractivity contribution >= 4 is 0 Å². The highest BCUT2D eigenvalue weighted by Crippen LogP contribution is 2.30. The lowest BCUT2D eigenvalue weighted by molar-refractivity contribution is 0.627. The molecule has 0 fully saturated rings. The van der Waals surface area contributed by atoms with E-state index >= 15 is 0 Å². The molecule has 0 aliphatic carbocycles. The fourth-order valence-corrected chi connectivity index (χ4v) is 2.65. The van der Waals surface area contributed by atoms with Crippen LogP contribution in [0.3, 0.4) is 0 Å². The highest BCUT2D eigenvalue weighted by atomic mass is 19.1. The highest BCUT2D eigenvalue weighted by Gasteiger charge is 2.13. The van der Waals surface area contributed by atoms with Gasteiger partial charge in [-0.05, 0) is 35.4 Å². The van der Waals surface area contributed by atoms with Gasteiger partial charge >= 0.3 is 0 Å². The Bertz CT molecular complexity index is 1050. The van der Waals surface area contributed by atoms with Crippen LogP contribution in [-0.2, 0) is 0 Å². The molecular weight excluding hydrogens is 334 g/mol. The molecule has 126 valence electrons. The Morgan fingerprint density at radius 1 is 0.500 bits per heavy atom. The monoisotopic (exact) mass is 346 g/mol. The molecule has 0 bridgehead atoms. The maximum atomic E-state index is 13.9. The summed E-state index contributed by atoms with van der Waals surface area (Å²) in [6.45, 7) is 0. The second-order valence-electron chi connectivity index (χ2n) is 5.58. The van der Waals surface area contributed by atoms with Crippen molar-refractivity contribution in [2.75, 3.05) is 0 Å². The van der Waals surface area contributed by atoms with E-state index in [2.05, 4.69) is 20.4 Å². The van der Waals surface area contributed by atoms with Crippen LogP contribution in [0.4, 0.5) is 8.78 Å². The van der Waals surface area contributed by atoms with E-state index in [1.165, 1.54) is 18.2 Å². The number of hydrogen-bond donors (Lipinski definition) is 0. The van der Waals surface area contributed by atoms with Gasteiger partial charge in [0.15, 0.2) is 0 Å². The number of aromatic nitrogens is 4. The molecule has 0 spiro atoms. The van der Waals surface area contributed by atoms with Crippen LogP contribution in [0.1, 0.15) is 0 Å². The normalized spacial score (nSPS) is 10.7. The van der Waals surface area contributed by atoms with E-state index in [0.29, 0.717) is 11.4 Å². The van der Waals surface area contributed by atoms with Crippen LogP contribution in [-0.4, -0.2) is 20.4 Å². The first-order chi connectivity index (χ1) is 12.7. The summed E-state index contributed by atoms with van der Waals surface area (Å²) in [7, 11) is 0. The third-order valence-electron chi connectivity index (χ3n) is 3.92. The van der Waals surface area contributed by atoms with Gasteiger partial charge in [0.1, 0.15) is 11.6 Å². The lowest BCUT2D eigenvalue weighted by Gasteiger charge is -2.08. The van der Waals surface area contributed by atoms with E-state index in [0.717, 1.165) is 11.1 Å². The van der Waals surface area contributed by atoms with Crippen molar-refractivity contribution in [3.8, 4) is 33.9 Å². The van der Waals surface area contributed by atoms with Gasteiger partial charge in [-0.15, -0.1) is 20.4 Å². The second kappa shape index (κ2) is 6.76. The Labute approximate surface area is 148 Å². The smallest absolute Gasteiger partial charge is 0.206 e. The van der Waals surface area contributed by atoms with Crippen LogP contribution in [0, 0.1) is 11.6 Å². The maximum absolute atomic E-state index is 13.9. The third kappa shape index (κ3) is 3.04. The topological polar surface area (TPSA) is 51.6 Å². The summed E-state index contributed by atoms with van der Waals surface area (Å²) in [4.78, 5) is 0. The lowest BCUT2D eigenvalue weighted by atomic mass is 9.99. The first-order valence-corrected chi connectivity index (χ1v) is 7.90. The molecule has 0 aliphatic rings. The standard InChI is InChI=1S/C20H12F2N4/c21-14-11-9-13(10-12-14)15-5-1-2-6-16(15)19-23-25-20(26-24-19)17-7-3-4-8-18(17)22/h1-12H. The Balaban J connectivity index is 1.75. The molecular formula is C20H12F2N4. The Morgan fingerprint density at radius 2 is 1.00 bits per heavy atom. The van der Waals surface area contributed by atoms with Crippen molar-refractivity contribution < 1.29 is 8.78 Å². The first-order valence-electron chi connectivity index (χ1n) is 7.90. The lowest BCUT2D eigenvalue weighted by Crippen LogP contribution is -2.01. The van der Waals surface area contributed by atoms with E-state index in [4.69, 9.17) is 0 Å². The van der Waals surface area contributed by atoms with E-state index in [1.807, 2.05) is 24.3 Å². The molecule has 4 aromatic rings. The molecule has 6 heteroatoms. The third-order valence-corrected chi connectivity index (χ3v) is 3.92. The summed E-state index contributed by atoms with van der Waals surface area (Å²) in [5.41, 5.74) is 2.60. The van der Waals surface area contributed by atoms with Gasteiger partial charge in [0.25, 0.3) is 0 Å².